The Bertz CT molecular complexity index is 738. The average molecular weight is 350 g/mol. The normalized spacial score (nSPS) is 24.7. The quantitative estimate of drug-likeness (QED) is 0.816. The fraction of sp³-hybridized carbons (Fsp3) is 0.471. The van der Waals surface area contributed by atoms with E-state index in [2.05, 4.69) is 10.1 Å². The smallest absolute Gasteiger partial charge is 0.340 e. The Hall–Kier alpha value is -2.64. The number of carbonyl (C=O) groups is 3. The van der Waals surface area contributed by atoms with Crippen molar-refractivity contribution in [3.05, 3.63) is 29.6 Å². The highest BCUT2D eigenvalue weighted by molar-refractivity contribution is 5.94. The molecular weight excluding hydrogens is 331 g/mol. The summed E-state index contributed by atoms with van der Waals surface area (Å²) >= 11 is 0. The number of carbonyl (C=O) groups excluding carboxylic acids is 2. The van der Waals surface area contributed by atoms with Gasteiger partial charge < -0.3 is 20.1 Å². The van der Waals surface area contributed by atoms with Crippen LogP contribution < -0.4 is 5.32 Å². The van der Waals surface area contributed by atoms with Gasteiger partial charge in [0.15, 0.2) is 5.82 Å². The van der Waals surface area contributed by atoms with Gasteiger partial charge >= 0.3 is 18.0 Å². The number of amides is 2. The van der Waals surface area contributed by atoms with E-state index in [1.165, 1.54) is 23.1 Å². The Balaban J connectivity index is 1.76. The first-order valence-electron chi connectivity index (χ1n) is 8.05. The number of rotatable bonds is 3. The van der Waals surface area contributed by atoms with Crippen molar-refractivity contribution < 1.29 is 28.6 Å². The third-order valence-electron chi connectivity index (χ3n) is 5.23. The maximum atomic E-state index is 14.4. The Morgan fingerprint density at radius 1 is 1.40 bits per heavy atom. The van der Waals surface area contributed by atoms with Gasteiger partial charge in [0.1, 0.15) is 0 Å². The van der Waals surface area contributed by atoms with Crippen LogP contribution in [0.5, 0.6) is 0 Å². The molecule has 2 fully saturated rings. The number of fused-ring (bicyclic) bond motifs is 1. The summed E-state index contributed by atoms with van der Waals surface area (Å²) in [6, 6.07) is 3.46. The summed E-state index contributed by atoms with van der Waals surface area (Å²) in [5, 5.41) is 12.0. The minimum absolute atomic E-state index is 0.0815. The standard InChI is InChI=1S/C17H19FN2O5/c1-25-14(21)11-5-2-6-12(13(11)18)19-16(24)20-8-10-4-3-7-17(10,9-20)15(22)23/h2,5-6,10H,3-4,7-9H2,1H3,(H,19,24)(H,22,23)/t10-,17+/m0/s1. The lowest BCUT2D eigenvalue weighted by molar-refractivity contribution is -0.149. The largest absolute Gasteiger partial charge is 0.481 e. The number of halogens is 1. The number of nitrogens with one attached hydrogen (secondary N) is 1. The van der Waals surface area contributed by atoms with Crippen LogP contribution in [0.2, 0.25) is 0 Å². The Labute approximate surface area is 143 Å². The fourth-order valence-electron chi connectivity index (χ4n) is 3.88. The van der Waals surface area contributed by atoms with Crippen molar-refractivity contribution in [1.29, 1.82) is 0 Å². The van der Waals surface area contributed by atoms with Crippen LogP contribution in [0.1, 0.15) is 29.6 Å². The molecule has 1 aliphatic heterocycles. The summed E-state index contributed by atoms with van der Waals surface area (Å²) in [5.74, 6) is -2.68. The van der Waals surface area contributed by atoms with Gasteiger partial charge in [-0.25, -0.2) is 14.0 Å². The van der Waals surface area contributed by atoms with Gasteiger partial charge in [-0.05, 0) is 30.9 Å². The number of methoxy groups -OCH3 is 1. The molecule has 1 aromatic rings. The van der Waals surface area contributed by atoms with Gasteiger partial charge in [0.05, 0.1) is 23.8 Å². The van der Waals surface area contributed by atoms with E-state index in [-0.39, 0.29) is 23.7 Å². The van der Waals surface area contributed by atoms with Crippen molar-refractivity contribution in [3.8, 4) is 0 Å². The fourth-order valence-corrected chi connectivity index (χ4v) is 3.88. The van der Waals surface area contributed by atoms with Crippen molar-refractivity contribution in [3.63, 3.8) is 0 Å². The van der Waals surface area contributed by atoms with Gasteiger partial charge in [-0.3, -0.25) is 4.79 Å². The lowest BCUT2D eigenvalue weighted by atomic mass is 9.81. The Kier molecular flexibility index (Phi) is 4.36. The molecule has 1 saturated heterocycles. The second-order valence-electron chi connectivity index (χ2n) is 6.52. The van der Waals surface area contributed by atoms with Crippen molar-refractivity contribution in [2.24, 2.45) is 11.3 Å². The number of aliphatic carboxylic acids is 1. The molecule has 2 aliphatic rings. The van der Waals surface area contributed by atoms with E-state index in [4.69, 9.17) is 0 Å². The first-order valence-corrected chi connectivity index (χ1v) is 8.05. The van der Waals surface area contributed by atoms with Crippen LogP contribution in [0.25, 0.3) is 0 Å². The lowest BCUT2D eigenvalue weighted by Gasteiger charge is -2.23. The number of ether oxygens (including phenoxy) is 1. The number of anilines is 1. The molecule has 3 rings (SSSR count). The zero-order valence-electron chi connectivity index (χ0n) is 13.8. The number of hydrogen-bond acceptors (Lipinski definition) is 4. The van der Waals surface area contributed by atoms with E-state index < -0.39 is 29.2 Å². The first-order chi connectivity index (χ1) is 11.9. The third-order valence-corrected chi connectivity index (χ3v) is 5.23. The third kappa shape index (κ3) is 2.81. The number of urea groups is 1. The van der Waals surface area contributed by atoms with Crippen LogP contribution in [0.15, 0.2) is 18.2 Å². The SMILES string of the molecule is COC(=O)c1cccc(NC(=O)N2C[C@@H]3CCC[C@@]3(C(=O)O)C2)c1F. The highest BCUT2D eigenvalue weighted by Crippen LogP contribution is 2.48. The zero-order valence-corrected chi connectivity index (χ0v) is 13.8. The average Bonchev–Trinajstić information content (AvgIpc) is 3.14. The van der Waals surface area contributed by atoms with E-state index in [0.717, 1.165) is 20.0 Å². The molecule has 0 unspecified atom stereocenters. The predicted molar refractivity (Wildman–Crippen MR) is 85.7 cm³/mol. The monoisotopic (exact) mass is 350 g/mol. The molecule has 0 bridgehead atoms. The van der Waals surface area contributed by atoms with Gasteiger partial charge in [-0.2, -0.15) is 0 Å². The van der Waals surface area contributed by atoms with Crippen molar-refractivity contribution in [1.82, 2.24) is 4.90 Å². The number of likely N-dealkylation sites (tertiary alicyclic amines) is 1. The number of hydrogen-bond donors (Lipinski definition) is 2. The topological polar surface area (TPSA) is 95.9 Å². The number of carboxylic acid groups (broad SMARTS) is 1. The lowest BCUT2D eigenvalue weighted by Crippen LogP contribution is -2.38. The van der Waals surface area contributed by atoms with Crippen LogP contribution in [0.4, 0.5) is 14.9 Å². The summed E-state index contributed by atoms with van der Waals surface area (Å²) in [7, 11) is 1.14. The summed E-state index contributed by atoms with van der Waals surface area (Å²) in [4.78, 5) is 37.1. The van der Waals surface area contributed by atoms with E-state index in [9.17, 15) is 23.9 Å². The summed E-state index contributed by atoms with van der Waals surface area (Å²) < 4.78 is 18.9. The molecule has 2 amide bonds. The summed E-state index contributed by atoms with van der Waals surface area (Å²) in [6.07, 6.45) is 2.15. The summed E-state index contributed by atoms with van der Waals surface area (Å²) in [5.41, 5.74) is -1.32. The van der Waals surface area contributed by atoms with E-state index >= 15 is 0 Å². The molecule has 0 radical (unpaired) electrons. The maximum Gasteiger partial charge on any atom is 0.340 e. The van der Waals surface area contributed by atoms with Crippen LogP contribution in [0, 0.1) is 17.2 Å². The minimum atomic E-state index is -0.899. The van der Waals surface area contributed by atoms with Crippen LogP contribution in [0.3, 0.4) is 0 Å². The van der Waals surface area contributed by atoms with Crippen molar-refractivity contribution >= 4 is 23.7 Å². The van der Waals surface area contributed by atoms with Gasteiger partial charge in [-0.15, -0.1) is 0 Å². The molecule has 2 atom stereocenters. The molecular formula is C17H19FN2O5. The van der Waals surface area contributed by atoms with E-state index in [0.29, 0.717) is 13.0 Å². The molecule has 1 aromatic carbocycles. The van der Waals surface area contributed by atoms with Crippen LogP contribution in [-0.2, 0) is 9.53 Å². The molecule has 1 heterocycles. The van der Waals surface area contributed by atoms with Gasteiger partial charge in [0, 0.05) is 13.1 Å². The number of nitrogens with zero attached hydrogens (tertiary/aromatic N) is 1. The molecule has 0 aromatic heterocycles. The molecule has 1 saturated carbocycles. The predicted octanol–water partition coefficient (Wildman–Crippen LogP) is 2.33. The highest BCUT2D eigenvalue weighted by atomic mass is 19.1. The molecule has 25 heavy (non-hydrogen) atoms. The van der Waals surface area contributed by atoms with Gasteiger partial charge in [-0.1, -0.05) is 12.5 Å². The van der Waals surface area contributed by atoms with E-state index in [1.54, 1.807) is 0 Å². The zero-order chi connectivity index (χ0) is 18.2. The molecule has 1 aliphatic carbocycles. The molecule has 8 heteroatoms. The Morgan fingerprint density at radius 2 is 2.16 bits per heavy atom. The number of carboxylic acids is 1. The molecule has 0 spiro atoms. The highest BCUT2D eigenvalue weighted by Gasteiger charge is 2.55. The summed E-state index contributed by atoms with van der Waals surface area (Å²) in [6.45, 7) is 0.438. The minimum Gasteiger partial charge on any atom is -0.481 e. The van der Waals surface area contributed by atoms with Crippen LogP contribution >= 0.6 is 0 Å². The van der Waals surface area contributed by atoms with E-state index in [1.807, 2.05) is 0 Å². The molecule has 7 nitrogen and oxygen atoms in total. The number of benzene rings is 1. The van der Waals surface area contributed by atoms with Crippen molar-refractivity contribution in [2.45, 2.75) is 19.3 Å². The van der Waals surface area contributed by atoms with Crippen LogP contribution in [-0.4, -0.2) is 48.2 Å². The van der Waals surface area contributed by atoms with Gasteiger partial charge in [0.25, 0.3) is 0 Å². The second kappa shape index (κ2) is 6.34. The first kappa shape index (κ1) is 17.2. The van der Waals surface area contributed by atoms with Crippen molar-refractivity contribution in [2.75, 3.05) is 25.5 Å². The number of esters is 1. The Morgan fingerprint density at radius 3 is 2.80 bits per heavy atom. The second-order valence-corrected chi connectivity index (χ2v) is 6.52. The molecule has 134 valence electrons. The van der Waals surface area contributed by atoms with Gasteiger partial charge in [0.2, 0.25) is 0 Å². The maximum absolute atomic E-state index is 14.4. The molecule has 2 N–H and O–H groups in total.